The van der Waals surface area contributed by atoms with Crippen molar-refractivity contribution in [2.45, 2.75) is 44.5 Å². The average molecular weight is 566 g/mol. The molecule has 2 fully saturated rings. The van der Waals surface area contributed by atoms with Crippen LogP contribution in [0.4, 0.5) is 34.8 Å². The standard InChI is InChI=1S/C27H31F4N5O4/c1-17-12-18(27(29,30)31)13-23(32-17)36-22(8-9-24(36)38)26(39)34(3)21-7-4-6-20(28)25(21)33(2)10-5-11-40-19-14-35(15-19)16-37/h4,6-7,12-13,16,19,22H,5,8-11,14-15H2,1-3H3. The van der Waals surface area contributed by atoms with Crippen molar-refractivity contribution < 1.29 is 36.7 Å². The van der Waals surface area contributed by atoms with Crippen molar-refractivity contribution in [3.05, 3.63) is 47.4 Å². The van der Waals surface area contributed by atoms with E-state index >= 15 is 4.39 Å². The zero-order valence-corrected chi connectivity index (χ0v) is 22.4. The molecule has 0 radical (unpaired) electrons. The van der Waals surface area contributed by atoms with Crippen LogP contribution in [0.2, 0.25) is 0 Å². The third-order valence-electron chi connectivity index (χ3n) is 7.07. The minimum absolute atomic E-state index is 0.0181. The van der Waals surface area contributed by atoms with Crippen molar-refractivity contribution in [1.82, 2.24) is 9.88 Å². The molecule has 0 aliphatic carbocycles. The molecule has 3 heterocycles. The number of anilines is 3. The molecule has 216 valence electrons. The lowest BCUT2D eigenvalue weighted by molar-refractivity contribution is -0.137. The molecule has 2 aliphatic rings. The Labute approximate surface area is 229 Å². The van der Waals surface area contributed by atoms with Crippen LogP contribution in [0.15, 0.2) is 30.3 Å². The van der Waals surface area contributed by atoms with Crippen molar-refractivity contribution >= 4 is 35.4 Å². The maximum absolute atomic E-state index is 15.1. The van der Waals surface area contributed by atoms with Gasteiger partial charge in [-0.15, -0.1) is 0 Å². The van der Waals surface area contributed by atoms with Gasteiger partial charge in [-0.1, -0.05) is 6.07 Å². The zero-order chi connectivity index (χ0) is 29.2. The summed E-state index contributed by atoms with van der Waals surface area (Å²) < 4.78 is 61.1. The smallest absolute Gasteiger partial charge is 0.374 e. The number of aromatic nitrogens is 1. The van der Waals surface area contributed by atoms with Crippen LogP contribution in [0.25, 0.3) is 0 Å². The van der Waals surface area contributed by atoms with Crippen LogP contribution >= 0.6 is 0 Å². The van der Waals surface area contributed by atoms with Gasteiger partial charge in [0, 0.05) is 52.5 Å². The van der Waals surface area contributed by atoms with E-state index in [9.17, 15) is 27.6 Å². The summed E-state index contributed by atoms with van der Waals surface area (Å²) in [5.41, 5.74) is -0.495. The fraction of sp³-hybridized carbons (Fsp3) is 0.481. The predicted molar refractivity (Wildman–Crippen MR) is 140 cm³/mol. The molecule has 9 nitrogen and oxygen atoms in total. The molecule has 4 rings (SSSR count). The summed E-state index contributed by atoms with van der Waals surface area (Å²) in [5, 5.41) is 0. The van der Waals surface area contributed by atoms with Gasteiger partial charge in [0.15, 0.2) is 0 Å². The summed E-state index contributed by atoms with van der Waals surface area (Å²) in [4.78, 5) is 46.7. The highest BCUT2D eigenvalue weighted by molar-refractivity contribution is 6.09. The minimum atomic E-state index is -4.65. The highest BCUT2D eigenvalue weighted by atomic mass is 19.4. The largest absolute Gasteiger partial charge is 0.416 e. The average Bonchev–Trinajstić information content (AvgIpc) is 3.26. The molecule has 1 atom stereocenters. The molecule has 1 aromatic carbocycles. The Morgan fingerprint density at radius 2 is 1.95 bits per heavy atom. The minimum Gasteiger partial charge on any atom is -0.374 e. The molecular weight excluding hydrogens is 534 g/mol. The number of likely N-dealkylation sites (N-methyl/N-ethyl adjacent to an activating group) is 1. The summed E-state index contributed by atoms with van der Waals surface area (Å²) in [7, 11) is 3.12. The van der Waals surface area contributed by atoms with Crippen molar-refractivity contribution in [2.75, 3.05) is 55.0 Å². The second-order valence-electron chi connectivity index (χ2n) is 10.0. The normalized spacial score (nSPS) is 17.7. The zero-order valence-electron chi connectivity index (χ0n) is 22.4. The number of aryl methyl sites for hydroxylation is 1. The predicted octanol–water partition coefficient (Wildman–Crippen LogP) is 3.39. The van der Waals surface area contributed by atoms with E-state index in [1.807, 2.05) is 0 Å². The van der Waals surface area contributed by atoms with Crippen molar-refractivity contribution in [3.8, 4) is 0 Å². The van der Waals surface area contributed by atoms with Gasteiger partial charge in [0.1, 0.15) is 17.7 Å². The molecule has 0 saturated carbocycles. The number of ether oxygens (including phenoxy) is 1. The fourth-order valence-corrected chi connectivity index (χ4v) is 4.96. The second kappa shape index (κ2) is 11.8. The third-order valence-corrected chi connectivity index (χ3v) is 7.07. The lowest BCUT2D eigenvalue weighted by Gasteiger charge is -2.36. The number of carbonyl (C=O) groups is 3. The highest BCUT2D eigenvalue weighted by Gasteiger charge is 2.41. The first-order valence-electron chi connectivity index (χ1n) is 12.9. The van der Waals surface area contributed by atoms with E-state index in [0.29, 0.717) is 32.7 Å². The summed E-state index contributed by atoms with van der Waals surface area (Å²) in [6.45, 7) is 3.28. The van der Waals surface area contributed by atoms with E-state index in [0.717, 1.165) is 23.4 Å². The van der Waals surface area contributed by atoms with E-state index in [1.54, 1.807) is 22.9 Å². The number of hydrogen-bond acceptors (Lipinski definition) is 6. The quantitative estimate of drug-likeness (QED) is 0.250. The van der Waals surface area contributed by atoms with E-state index in [1.165, 1.54) is 31.0 Å². The van der Waals surface area contributed by atoms with Crippen LogP contribution < -0.4 is 14.7 Å². The van der Waals surface area contributed by atoms with E-state index in [2.05, 4.69) is 4.98 Å². The van der Waals surface area contributed by atoms with Gasteiger partial charge in [-0.25, -0.2) is 9.37 Å². The van der Waals surface area contributed by atoms with Crippen LogP contribution in [0.3, 0.4) is 0 Å². The Bertz CT molecular complexity index is 1270. The first-order chi connectivity index (χ1) is 18.9. The molecule has 1 aromatic heterocycles. The van der Waals surface area contributed by atoms with Gasteiger partial charge in [0.05, 0.1) is 23.0 Å². The Hall–Kier alpha value is -3.74. The number of carbonyl (C=O) groups excluding carboxylic acids is 3. The lowest BCUT2D eigenvalue weighted by Crippen LogP contribution is -2.51. The number of nitrogens with zero attached hydrogens (tertiary/aromatic N) is 5. The summed E-state index contributed by atoms with van der Waals surface area (Å²) >= 11 is 0. The molecule has 2 saturated heterocycles. The van der Waals surface area contributed by atoms with E-state index < -0.39 is 35.4 Å². The van der Waals surface area contributed by atoms with E-state index in [4.69, 9.17) is 4.74 Å². The van der Waals surface area contributed by atoms with Crippen molar-refractivity contribution in [1.29, 1.82) is 0 Å². The highest BCUT2D eigenvalue weighted by Crippen LogP contribution is 2.36. The van der Waals surface area contributed by atoms with Crippen LogP contribution in [0.5, 0.6) is 0 Å². The summed E-state index contributed by atoms with van der Waals surface area (Å²) in [6, 6.07) is 4.83. The van der Waals surface area contributed by atoms with E-state index in [-0.39, 0.29) is 41.8 Å². The molecule has 0 spiro atoms. The SMILES string of the molecule is Cc1cc(C(F)(F)F)cc(N2C(=O)CCC2C(=O)N(C)c2cccc(F)c2N(C)CCCOC2CN(C=O)C2)n1. The summed E-state index contributed by atoms with van der Waals surface area (Å²) in [5.74, 6) is -1.90. The maximum atomic E-state index is 15.1. The summed E-state index contributed by atoms with van der Waals surface area (Å²) in [6.07, 6.45) is -3.30. The number of alkyl halides is 3. The van der Waals surface area contributed by atoms with Gasteiger partial charge < -0.3 is 19.4 Å². The number of benzene rings is 1. The number of pyridine rings is 1. The first-order valence-corrected chi connectivity index (χ1v) is 12.9. The van der Waals surface area contributed by atoms with Crippen molar-refractivity contribution in [3.63, 3.8) is 0 Å². The Morgan fingerprint density at radius 3 is 2.62 bits per heavy atom. The number of likely N-dealkylation sites (tertiary alicyclic amines) is 1. The fourth-order valence-electron chi connectivity index (χ4n) is 4.96. The lowest BCUT2D eigenvalue weighted by atomic mass is 10.1. The van der Waals surface area contributed by atoms with Crippen LogP contribution in [0.1, 0.15) is 30.5 Å². The number of halogens is 4. The maximum Gasteiger partial charge on any atom is 0.416 e. The van der Waals surface area contributed by atoms with Gasteiger partial charge in [0.2, 0.25) is 18.2 Å². The second-order valence-corrected chi connectivity index (χ2v) is 10.0. The third kappa shape index (κ3) is 6.19. The van der Waals surface area contributed by atoms with Crippen LogP contribution in [-0.4, -0.2) is 80.6 Å². The molecular formula is C27H31F4N5O4. The van der Waals surface area contributed by atoms with Gasteiger partial charge in [-0.3, -0.25) is 19.3 Å². The van der Waals surface area contributed by atoms with Crippen LogP contribution in [0, 0.1) is 12.7 Å². The first kappa shape index (κ1) is 29.2. The topological polar surface area (TPSA) is 86.3 Å². The Morgan fingerprint density at radius 1 is 1.23 bits per heavy atom. The molecule has 0 N–H and O–H groups in total. The molecule has 0 bridgehead atoms. The monoisotopic (exact) mass is 565 g/mol. The molecule has 3 amide bonds. The number of hydrogen-bond donors (Lipinski definition) is 0. The molecule has 1 unspecified atom stereocenters. The Balaban J connectivity index is 1.50. The number of para-hydroxylation sites is 1. The molecule has 40 heavy (non-hydrogen) atoms. The molecule has 13 heteroatoms. The van der Waals surface area contributed by atoms with Gasteiger partial charge >= 0.3 is 6.18 Å². The van der Waals surface area contributed by atoms with Crippen molar-refractivity contribution in [2.24, 2.45) is 0 Å². The Kier molecular flexibility index (Phi) is 8.62. The number of rotatable bonds is 10. The molecule has 2 aliphatic heterocycles. The van der Waals surface area contributed by atoms with Gasteiger partial charge in [0.25, 0.3) is 0 Å². The van der Waals surface area contributed by atoms with Gasteiger partial charge in [-0.2, -0.15) is 13.2 Å². The van der Waals surface area contributed by atoms with Gasteiger partial charge in [-0.05, 0) is 44.0 Å². The number of amides is 3. The molecule has 2 aromatic rings. The van der Waals surface area contributed by atoms with Crippen LogP contribution in [-0.2, 0) is 25.3 Å².